The van der Waals surface area contributed by atoms with Gasteiger partial charge >= 0.3 is 0 Å². The minimum absolute atomic E-state index is 0.111. The molecular formula is C12H16N6O. The summed E-state index contributed by atoms with van der Waals surface area (Å²) in [6.07, 6.45) is 0.286. The monoisotopic (exact) mass is 260 g/mol. The highest BCUT2D eigenvalue weighted by molar-refractivity contribution is 5.91. The predicted molar refractivity (Wildman–Crippen MR) is 70.8 cm³/mol. The molecule has 100 valence electrons. The van der Waals surface area contributed by atoms with Gasteiger partial charge in [-0.15, -0.1) is 5.10 Å². The van der Waals surface area contributed by atoms with E-state index in [0.717, 1.165) is 5.69 Å². The molecule has 0 spiro atoms. The van der Waals surface area contributed by atoms with Crippen molar-refractivity contribution in [3.05, 3.63) is 30.1 Å². The van der Waals surface area contributed by atoms with Crippen LogP contribution in [0.3, 0.4) is 0 Å². The summed E-state index contributed by atoms with van der Waals surface area (Å²) in [5, 5.41) is 14.1. The lowest BCUT2D eigenvalue weighted by Gasteiger charge is -2.09. The van der Waals surface area contributed by atoms with Crippen LogP contribution >= 0.6 is 0 Å². The van der Waals surface area contributed by atoms with Crippen molar-refractivity contribution in [2.75, 3.05) is 5.32 Å². The van der Waals surface area contributed by atoms with Crippen LogP contribution in [0.1, 0.15) is 19.2 Å². The van der Waals surface area contributed by atoms with Crippen molar-refractivity contribution in [1.29, 1.82) is 0 Å². The quantitative estimate of drug-likeness (QED) is 0.840. The van der Waals surface area contributed by atoms with Crippen molar-refractivity contribution in [3.8, 4) is 5.69 Å². The number of nitrogens with two attached hydrogens (primary N) is 1. The van der Waals surface area contributed by atoms with Gasteiger partial charge < -0.3 is 11.1 Å². The van der Waals surface area contributed by atoms with Gasteiger partial charge in [0, 0.05) is 18.2 Å². The third-order valence-electron chi connectivity index (χ3n) is 2.51. The Morgan fingerprint density at radius 1 is 1.53 bits per heavy atom. The van der Waals surface area contributed by atoms with Crippen LogP contribution in [0.15, 0.2) is 24.3 Å². The van der Waals surface area contributed by atoms with Gasteiger partial charge in [0.2, 0.25) is 5.91 Å². The minimum Gasteiger partial charge on any atom is -0.327 e. The maximum atomic E-state index is 11.6. The van der Waals surface area contributed by atoms with E-state index in [1.54, 1.807) is 18.5 Å². The fraction of sp³-hybridized carbons (Fsp3) is 0.333. The van der Waals surface area contributed by atoms with Crippen LogP contribution in [-0.2, 0) is 4.79 Å². The van der Waals surface area contributed by atoms with Crippen molar-refractivity contribution in [1.82, 2.24) is 20.2 Å². The Bertz CT molecular complexity index is 577. The van der Waals surface area contributed by atoms with E-state index in [9.17, 15) is 4.79 Å². The Kier molecular flexibility index (Phi) is 3.86. The van der Waals surface area contributed by atoms with E-state index in [0.29, 0.717) is 11.5 Å². The number of hydrogen-bond donors (Lipinski definition) is 2. The number of carbonyl (C=O) groups excluding carboxylic acids is 1. The minimum atomic E-state index is -0.162. The van der Waals surface area contributed by atoms with Crippen molar-refractivity contribution in [2.45, 2.75) is 26.3 Å². The number of nitrogens with one attached hydrogen (secondary N) is 1. The molecule has 0 radical (unpaired) electrons. The van der Waals surface area contributed by atoms with Crippen molar-refractivity contribution >= 4 is 11.6 Å². The van der Waals surface area contributed by atoms with Crippen LogP contribution in [0.2, 0.25) is 0 Å². The number of tetrazole rings is 1. The van der Waals surface area contributed by atoms with Crippen molar-refractivity contribution in [3.63, 3.8) is 0 Å². The van der Waals surface area contributed by atoms with Gasteiger partial charge in [0.1, 0.15) is 0 Å². The number of carbonyl (C=O) groups is 1. The Morgan fingerprint density at radius 3 is 2.95 bits per heavy atom. The first-order chi connectivity index (χ1) is 9.06. The van der Waals surface area contributed by atoms with E-state index < -0.39 is 0 Å². The van der Waals surface area contributed by atoms with Gasteiger partial charge in [-0.25, -0.2) is 0 Å². The molecule has 0 aliphatic carbocycles. The third kappa shape index (κ3) is 3.35. The number of rotatable bonds is 4. The molecule has 0 saturated carbocycles. The molecule has 1 heterocycles. The van der Waals surface area contributed by atoms with Gasteiger partial charge in [0.15, 0.2) is 5.82 Å². The number of benzene rings is 1. The van der Waals surface area contributed by atoms with Crippen LogP contribution < -0.4 is 11.1 Å². The topological polar surface area (TPSA) is 98.7 Å². The molecule has 1 atom stereocenters. The van der Waals surface area contributed by atoms with Gasteiger partial charge in [0.25, 0.3) is 0 Å². The molecule has 0 aliphatic rings. The molecule has 2 aromatic rings. The fourth-order valence-corrected chi connectivity index (χ4v) is 1.69. The average molecular weight is 260 g/mol. The maximum Gasteiger partial charge on any atom is 0.225 e. The van der Waals surface area contributed by atoms with E-state index in [1.165, 1.54) is 0 Å². The number of nitrogens with zero attached hydrogens (tertiary/aromatic N) is 4. The molecule has 2 rings (SSSR count). The fourth-order valence-electron chi connectivity index (χ4n) is 1.69. The first-order valence-electron chi connectivity index (χ1n) is 5.97. The molecular weight excluding hydrogens is 244 g/mol. The molecule has 7 heteroatoms. The molecule has 7 nitrogen and oxygen atoms in total. The lowest BCUT2D eigenvalue weighted by atomic mass is 10.2. The molecule has 1 aromatic carbocycles. The Morgan fingerprint density at radius 2 is 2.32 bits per heavy atom. The number of hydrogen-bond acceptors (Lipinski definition) is 5. The van der Waals surface area contributed by atoms with Gasteiger partial charge in [-0.3, -0.25) is 4.79 Å². The molecule has 3 N–H and O–H groups in total. The predicted octanol–water partition coefficient (Wildman–Crippen LogP) is 0.647. The maximum absolute atomic E-state index is 11.6. The molecule has 0 bridgehead atoms. The third-order valence-corrected chi connectivity index (χ3v) is 2.51. The van der Waals surface area contributed by atoms with Gasteiger partial charge in [-0.2, -0.15) is 4.68 Å². The Labute approximate surface area is 110 Å². The van der Waals surface area contributed by atoms with Gasteiger partial charge in [0.05, 0.1) is 5.69 Å². The highest BCUT2D eigenvalue weighted by Gasteiger charge is 2.07. The molecule has 1 unspecified atom stereocenters. The highest BCUT2D eigenvalue weighted by atomic mass is 16.1. The molecule has 0 saturated heterocycles. The molecule has 1 aromatic heterocycles. The van der Waals surface area contributed by atoms with Crippen LogP contribution in [0.5, 0.6) is 0 Å². The molecule has 19 heavy (non-hydrogen) atoms. The highest BCUT2D eigenvalue weighted by Crippen LogP contribution is 2.14. The Balaban J connectivity index is 2.16. The van der Waals surface area contributed by atoms with E-state index >= 15 is 0 Å². The van der Waals surface area contributed by atoms with Crippen molar-refractivity contribution in [2.24, 2.45) is 5.73 Å². The first-order valence-corrected chi connectivity index (χ1v) is 5.97. The largest absolute Gasteiger partial charge is 0.327 e. The van der Waals surface area contributed by atoms with Crippen molar-refractivity contribution < 1.29 is 4.79 Å². The lowest BCUT2D eigenvalue weighted by Crippen LogP contribution is -2.24. The molecule has 1 amide bonds. The van der Waals surface area contributed by atoms with Crippen LogP contribution in [-0.4, -0.2) is 32.2 Å². The second kappa shape index (κ2) is 5.57. The number of aromatic nitrogens is 4. The summed E-state index contributed by atoms with van der Waals surface area (Å²) in [7, 11) is 0. The lowest BCUT2D eigenvalue weighted by molar-refractivity contribution is -0.116. The van der Waals surface area contributed by atoms with Crippen LogP contribution in [0.4, 0.5) is 5.69 Å². The van der Waals surface area contributed by atoms with Crippen LogP contribution in [0.25, 0.3) is 5.69 Å². The second-order valence-electron chi connectivity index (χ2n) is 4.42. The summed E-state index contributed by atoms with van der Waals surface area (Å²) in [6, 6.07) is 7.15. The van der Waals surface area contributed by atoms with Gasteiger partial charge in [-0.05, 0) is 42.5 Å². The SMILES string of the molecule is Cc1nnnn1-c1cccc(NC(=O)CC(C)N)c1. The zero-order chi connectivity index (χ0) is 13.8. The first kappa shape index (κ1) is 13.2. The summed E-state index contributed by atoms with van der Waals surface area (Å²) in [5.41, 5.74) is 7.07. The Hall–Kier alpha value is -2.28. The van der Waals surface area contributed by atoms with E-state index in [4.69, 9.17) is 5.73 Å². The smallest absolute Gasteiger partial charge is 0.225 e. The van der Waals surface area contributed by atoms with E-state index in [1.807, 2.05) is 24.3 Å². The zero-order valence-electron chi connectivity index (χ0n) is 10.9. The normalized spacial score (nSPS) is 12.2. The van der Waals surface area contributed by atoms with E-state index in [2.05, 4.69) is 20.8 Å². The summed E-state index contributed by atoms with van der Waals surface area (Å²) in [5.74, 6) is 0.569. The van der Waals surface area contributed by atoms with Gasteiger partial charge in [-0.1, -0.05) is 6.07 Å². The molecule has 0 aliphatic heterocycles. The zero-order valence-corrected chi connectivity index (χ0v) is 10.9. The average Bonchev–Trinajstić information content (AvgIpc) is 2.74. The summed E-state index contributed by atoms with van der Waals surface area (Å²) in [4.78, 5) is 11.6. The number of anilines is 1. The molecule has 0 fully saturated rings. The standard InChI is InChI=1S/C12H16N6O/c1-8(13)6-12(19)14-10-4-3-5-11(7-10)18-9(2)15-16-17-18/h3-5,7-8H,6,13H2,1-2H3,(H,14,19). The number of aryl methyl sites for hydroxylation is 1. The number of amides is 1. The van der Waals surface area contributed by atoms with E-state index in [-0.39, 0.29) is 18.4 Å². The van der Waals surface area contributed by atoms with Crippen LogP contribution in [0, 0.1) is 6.92 Å². The summed E-state index contributed by atoms with van der Waals surface area (Å²) >= 11 is 0. The second-order valence-corrected chi connectivity index (χ2v) is 4.42. The summed E-state index contributed by atoms with van der Waals surface area (Å²) in [6.45, 7) is 3.60. The summed E-state index contributed by atoms with van der Waals surface area (Å²) < 4.78 is 1.60.